The maximum Gasteiger partial charge on any atom is 0.310 e. The Morgan fingerprint density at radius 3 is 2.45 bits per heavy atom. The first-order chi connectivity index (χ1) is 9.43. The Kier molecular flexibility index (Phi) is 7.02. The number of hydrogen-bond acceptors (Lipinski definition) is 3. The molecule has 20 heavy (non-hydrogen) atoms. The highest BCUT2D eigenvalue weighted by Gasteiger charge is 2.21. The van der Waals surface area contributed by atoms with E-state index in [1.807, 2.05) is 12.1 Å². The molecule has 1 aromatic rings. The molecule has 6 heteroatoms. The number of carbonyl (C=O) groups excluding carboxylic acids is 2. The Bertz CT molecular complexity index is 462. The Balaban J connectivity index is 2.67. The van der Waals surface area contributed by atoms with Gasteiger partial charge in [-0.25, -0.2) is 0 Å². The van der Waals surface area contributed by atoms with E-state index in [1.165, 1.54) is 7.11 Å². The molecule has 0 radical (unpaired) electrons. The number of halogens is 2. The van der Waals surface area contributed by atoms with Crippen molar-refractivity contribution in [1.29, 1.82) is 0 Å². The largest absolute Gasteiger partial charge is 0.469 e. The Hall–Kier alpha value is -1.07. The fourth-order valence-electron chi connectivity index (χ4n) is 1.67. The van der Waals surface area contributed by atoms with Crippen molar-refractivity contribution in [1.82, 2.24) is 5.32 Å². The van der Waals surface area contributed by atoms with Gasteiger partial charge < -0.3 is 10.1 Å². The number of nitrogens with one attached hydrogen (secondary N) is 1. The number of ether oxygens (including phenoxy) is 1. The Morgan fingerprint density at radius 1 is 1.35 bits per heavy atom. The van der Waals surface area contributed by atoms with Gasteiger partial charge in [-0.2, -0.15) is 0 Å². The lowest BCUT2D eigenvalue weighted by molar-refractivity contribution is -0.145. The molecule has 0 spiro atoms. The maximum absolute atomic E-state index is 11.8. The molecule has 4 nitrogen and oxygen atoms in total. The van der Waals surface area contributed by atoms with E-state index < -0.39 is 5.92 Å². The van der Waals surface area contributed by atoms with Crippen molar-refractivity contribution >= 4 is 39.4 Å². The molecule has 0 aliphatic heterocycles. The molecule has 2 atom stereocenters. The van der Waals surface area contributed by atoms with Gasteiger partial charge in [0.2, 0.25) is 5.91 Å². The summed E-state index contributed by atoms with van der Waals surface area (Å²) in [5.41, 5.74) is 0.964. The lowest BCUT2D eigenvalue weighted by Crippen LogP contribution is -2.37. The molecule has 1 rings (SSSR count). The molecule has 110 valence electrons. The van der Waals surface area contributed by atoms with Crippen molar-refractivity contribution in [3.8, 4) is 0 Å². The van der Waals surface area contributed by atoms with Gasteiger partial charge in [-0.05, 0) is 31.0 Å². The van der Waals surface area contributed by atoms with E-state index in [0.717, 1.165) is 5.56 Å². The van der Waals surface area contributed by atoms with Crippen LogP contribution in [0.2, 0.25) is 5.02 Å². The second kappa shape index (κ2) is 8.27. The summed E-state index contributed by atoms with van der Waals surface area (Å²) < 4.78 is 4.77. The number of carbonyl (C=O) groups is 2. The van der Waals surface area contributed by atoms with Gasteiger partial charge in [0.05, 0.1) is 17.9 Å². The summed E-state index contributed by atoms with van der Waals surface area (Å²) >= 11 is 9.00. The zero-order chi connectivity index (χ0) is 15.1. The van der Waals surface area contributed by atoms with E-state index in [1.54, 1.807) is 19.1 Å². The highest BCUT2D eigenvalue weighted by atomic mass is 79.9. The van der Waals surface area contributed by atoms with E-state index in [2.05, 4.69) is 21.2 Å². The van der Waals surface area contributed by atoms with Gasteiger partial charge in [-0.15, -0.1) is 0 Å². The van der Waals surface area contributed by atoms with Crippen molar-refractivity contribution in [2.24, 2.45) is 5.92 Å². The van der Waals surface area contributed by atoms with Crippen LogP contribution in [0.4, 0.5) is 0 Å². The van der Waals surface area contributed by atoms with Gasteiger partial charge in [0, 0.05) is 11.6 Å². The highest BCUT2D eigenvalue weighted by molar-refractivity contribution is 9.10. The number of esters is 1. The van der Waals surface area contributed by atoms with E-state index >= 15 is 0 Å². The molecule has 1 N–H and O–H groups in total. The minimum absolute atomic E-state index is 0.157. The Morgan fingerprint density at radius 2 is 1.95 bits per heavy atom. The van der Waals surface area contributed by atoms with Crippen molar-refractivity contribution in [3.05, 3.63) is 34.9 Å². The smallest absolute Gasteiger partial charge is 0.310 e. The SMILES string of the molecule is COC(=O)[C@H](CNC(=O)[C@H](C)Br)Cc1ccc(Cl)cc1. The predicted octanol–water partition coefficient (Wildman–Crippen LogP) is 2.57. The van der Waals surface area contributed by atoms with Crippen LogP contribution in [0.5, 0.6) is 0 Å². The van der Waals surface area contributed by atoms with Crippen LogP contribution in [0, 0.1) is 5.92 Å². The summed E-state index contributed by atoms with van der Waals surface area (Å²) in [5, 5.41) is 3.36. The van der Waals surface area contributed by atoms with Crippen LogP contribution in [0.3, 0.4) is 0 Å². The van der Waals surface area contributed by atoms with Gasteiger partial charge in [0.15, 0.2) is 0 Å². The molecule has 0 aromatic heterocycles. The normalized spacial score (nSPS) is 13.4. The van der Waals surface area contributed by atoms with E-state index in [-0.39, 0.29) is 23.2 Å². The number of hydrogen-bond donors (Lipinski definition) is 1. The maximum atomic E-state index is 11.8. The average Bonchev–Trinajstić information content (AvgIpc) is 2.44. The molecule has 1 aromatic carbocycles. The second-order valence-electron chi connectivity index (χ2n) is 4.41. The van der Waals surface area contributed by atoms with Crippen LogP contribution in [-0.4, -0.2) is 30.4 Å². The summed E-state index contributed by atoms with van der Waals surface area (Å²) in [6.45, 7) is 1.96. The summed E-state index contributed by atoms with van der Waals surface area (Å²) in [7, 11) is 1.34. The number of amides is 1. The van der Waals surface area contributed by atoms with Gasteiger partial charge >= 0.3 is 5.97 Å². The Labute approximate surface area is 132 Å². The first-order valence-corrected chi connectivity index (χ1v) is 7.47. The molecule has 0 bridgehead atoms. The quantitative estimate of drug-likeness (QED) is 0.625. The standard InChI is InChI=1S/C14H17BrClNO3/c1-9(15)13(18)17-8-11(14(19)20-2)7-10-3-5-12(16)6-4-10/h3-6,9,11H,7-8H2,1-2H3,(H,17,18)/t9-,11-/m0/s1. The monoisotopic (exact) mass is 361 g/mol. The first kappa shape index (κ1) is 17.0. The lowest BCUT2D eigenvalue weighted by Gasteiger charge is -2.16. The molecule has 0 saturated heterocycles. The third-order valence-electron chi connectivity index (χ3n) is 2.81. The number of methoxy groups -OCH3 is 1. The molecule has 0 saturated carbocycles. The van der Waals surface area contributed by atoms with Gasteiger partial charge in [-0.3, -0.25) is 9.59 Å². The van der Waals surface area contributed by atoms with Crippen molar-refractivity contribution in [3.63, 3.8) is 0 Å². The minimum atomic E-state index is -0.420. The predicted molar refractivity (Wildman–Crippen MR) is 82.1 cm³/mol. The molecule has 0 heterocycles. The summed E-state index contributed by atoms with van der Waals surface area (Å²) in [5.74, 6) is -0.922. The van der Waals surface area contributed by atoms with Crippen molar-refractivity contribution < 1.29 is 14.3 Å². The highest BCUT2D eigenvalue weighted by Crippen LogP contribution is 2.14. The second-order valence-corrected chi connectivity index (χ2v) is 6.22. The summed E-state index contributed by atoms with van der Waals surface area (Å²) in [4.78, 5) is 23.0. The number of alkyl halides is 1. The molecule has 1 amide bonds. The molecular formula is C14H17BrClNO3. The third kappa shape index (κ3) is 5.51. The van der Waals surface area contributed by atoms with Crippen LogP contribution in [-0.2, 0) is 20.7 Å². The van der Waals surface area contributed by atoms with Gasteiger partial charge in [0.25, 0.3) is 0 Å². The van der Waals surface area contributed by atoms with Gasteiger partial charge in [0.1, 0.15) is 0 Å². The molecule has 0 fully saturated rings. The topological polar surface area (TPSA) is 55.4 Å². The van der Waals surface area contributed by atoms with Crippen LogP contribution in [0.15, 0.2) is 24.3 Å². The van der Waals surface area contributed by atoms with Crippen LogP contribution < -0.4 is 5.32 Å². The zero-order valence-electron chi connectivity index (χ0n) is 11.4. The molecular weight excluding hydrogens is 346 g/mol. The van der Waals surface area contributed by atoms with Crippen molar-refractivity contribution in [2.45, 2.75) is 18.2 Å². The number of benzene rings is 1. The van der Waals surface area contributed by atoms with E-state index in [9.17, 15) is 9.59 Å². The van der Waals surface area contributed by atoms with Crippen LogP contribution >= 0.6 is 27.5 Å². The third-order valence-corrected chi connectivity index (χ3v) is 3.48. The lowest BCUT2D eigenvalue weighted by atomic mass is 9.99. The summed E-state index contributed by atoms with van der Waals surface area (Å²) in [6.07, 6.45) is 0.487. The fraction of sp³-hybridized carbons (Fsp3) is 0.429. The summed E-state index contributed by atoms with van der Waals surface area (Å²) in [6, 6.07) is 7.25. The van der Waals surface area contributed by atoms with E-state index in [0.29, 0.717) is 11.4 Å². The van der Waals surface area contributed by atoms with Gasteiger partial charge in [-0.1, -0.05) is 39.7 Å². The van der Waals surface area contributed by atoms with Crippen LogP contribution in [0.25, 0.3) is 0 Å². The van der Waals surface area contributed by atoms with Crippen LogP contribution in [0.1, 0.15) is 12.5 Å². The zero-order valence-corrected chi connectivity index (χ0v) is 13.7. The first-order valence-electron chi connectivity index (χ1n) is 6.18. The number of rotatable bonds is 6. The molecule has 0 unspecified atom stereocenters. The molecule has 0 aliphatic carbocycles. The fourth-order valence-corrected chi connectivity index (χ4v) is 1.96. The van der Waals surface area contributed by atoms with E-state index in [4.69, 9.17) is 16.3 Å². The average molecular weight is 363 g/mol. The molecule has 0 aliphatic rings. The minimum Gasteiger partial charge on any atom is -0.469 e. The van der Waals surface area contributed by atoms with Crippen molar-refractivity contribution in [2.75, 3.05) is 13.7 Å².